The zero-order valence-corrected chi connectivity index (χ0v) is 17.3. The second-order valence-electron chi connectivity index (χ2n) is 6.26. The minimum atomic E-state index is -0.450. The number of hydrogen-bond acceptors (Lipinski definition) is 4. The average Bonchev–Trinajstić information content (AvgIpc) is 2.72. The van der Waals surface area contributed by atoms with Crippen LogP contribution in [0.4, 0.5) is 10.1 Å². The smallest absolute Gasteiger partial charge is 0.262 e. The van der Waals surface area contributed by atoms with Gasteiger partial charge in [-0.3, -0.25) is 9.59 Å². The lowest BCUT2D eigenvalue weighted by Gasteiger charge is -2.18. The highest BCUT2D eigenvalue weighted by atomic mass is 35.5. The maximum absolute atomic E-state index is 12.9. The molecule has 2 aromatic rings. The van der Waals surface area contributed by atoms with E-state index in [1.54, 1.807) is 12.1 Å². The largest absolute Gasteiger partial charge is 0.484 e. The van der Waals surface area contributed by atoms with Gasteiger partial charge in [0.15, 0.2) is 6.61 Å². The molecule has 0 spiro atoms. The summed E-state index contributed by atoms with van der Waals surface area (Å²) in [5.41, 5.74) is 0.606. The SMILES string of the molecule is CCN(CC)CCNC(=O)c1cc(Cl)ccc1NC(=O)COc1ccc(F)cc1. The van der Waals surface area contributed by atoms with Gasteiger partial charge in [-0.05, 0) is 55.6 Å². The molecule has 0 fully saturated rings. The first-order valence-corrected chi connectivity index (χ1v) is 9.79. The van der Waals surface area contributed by atoms with Crippen LogP contribution in [0.5, 0.6) is 5.75 Å². The topological polar surface area (TPSA) is 70.7 Å². The molecule has 0 saturated carbocycles. The van der Waals surface area contributed by atoms with Gasteiger partial charge in [0.2, 0.25) is 0 Å². The maximum Gasteiger partial charge on any atom is 0.262 e. The third kappa shape index (κ3) is 7.36. The molecular weight excluding hydrogens is 397 g/mol. The molecule has 0 heterocycles. The van der Waals surface area contributed by atoms with Crippen LogP contribution in [-0.2, 0) is 4.79 Å². The Kier molecular flexibility index (Phi) is 8.89. The van der Waals surface area contributed by atoms with Crippen molar-refractivity contribution in [3.8, 4) is 5.75 Å². The molecule has 0 atom stereocenters. The second-order valence-corrected chi connectivity index (χ2v) is 6.70. The van der Waals surface area contributed by atoms with Crippen LogP contribution in [0.3, 0.4) is 0 Å². The lowest BCUT2D eigenvalue weighted by molar-refractivity contribution is -0.118. The van der Waals surface area contributed by atoms with Crippen molar-refractivity contribution < 1.29 is 18.7 Å². The summed E-state index contributed by atoms with van der Waals surface area (Å²) < 4.78 is 18.2. The molecule has 2 rings (SSSR count). The van der Waals surface area contributed by atoms with Gasteiger partial charge >= 0.3 is 0 Å². The molecule has 0 radical (unpaired) electrons. The Morgan fingerprint density at radius 3 is 2.45 bits per heavy atom. The van der Waals surface area contributed by atoms with E-state index in [4.69, 9.17) is 16.3 Å². The lowest BCUT2D eigenvalue weighted by atomic mass is 10.1. The van der Waals surface area contributed by atoms with Crippen LogP contribution in [0.1, 0.15) is 24.2 Å². The van der Waals surface area contributed by atoms with E-state index < -0.39 is 5.91 Å². The fourth-order valence-corrected chi connectivity index (χ4v) is 2.81. The molecule has 0 saturated heterocycles. The Morgan fingerprint density at radius 1 is 1.10 bits per heavy atom. The first kappa shape index (κ1) is 22.6. The Labute approximate surface area is 175 Å². The van der Waals surface area contributed by atoms with Crippen molar-refractivity contribution in [1.82, 2.24) is 10.2 Å². The first-order valence-electron chi connectivity index (χ1n) is 9.41. The van der Waals surface area contributed by atoms with Crippen LogP contribution >= 0.6 is 11.6 Å². The minimum absolute atomic E-state index is 0.271. The summed E-state index contributed by atoms with van der Waals surface area (Å²) in [5.74, 6) is -0.796. The fraction of sp³-hybridized carbons (Fsp3) is 0.333. The highest BCUT2D eigenvalue weighted by molar-refractivity contribution is 6.31. The van der Waals surface area contributed by atoms with Crippen molar-refractivity contribution in [2.75, 3.05) is 38.1 Å². The fourth-order valence-electron chi connectivity index (χ4n) is 2.64. The predicted octanol–water partition coefficient (Wildman–Crippen LogP) is 3.57. The number of likely N-dealkylation sites (N-methyl/N-ethyl adjacent to an activating group) is 1. The summed E-state index contributed by atoms with van der Waals surface area (Å²) in [6.07, 6.45) is 0. The molecule has 0 aliphatic carbocycles. The molecule has 0 aliphatic rings. The number of rotatable bonds is 10. The summed E-state index contributed by atoms with van der Waals surface area (Å²) in [6, 6.07) is 10.0. The van der Waals surface area contributed by atoms with E-state index in [2.05, 4.69) is 29.4 Å². The second kappa shape index (κ2) is 11.4. The van der Waals surface area contributed by atoms with Gasteiger partial charge in [-0.25, -0.2) is 4.39 Å². The van der Waals surface area contributed by atoms with E-state index in [0.29, 0.717) is 23.0 Å². The molecule has 29 heavy (non-hydrogen) atoms. The standard InChI is InChI=1S/C21H25ClFN3O3/c1-3-26(4-2)12-11-24-21(28)18-13-15(22)5-10-19(18)25-20(27)14-29-17-8-6-16(23)7-9-17/h5-10,13H,3-4,11-12,14H2,1-2H3,(H,24,28)(H,25,27). The van der Waals surface area contributed by atoms with E-state index in [1.807, 2.05) is 0 Å². The highest BCUT2D eigenvalue weighted by Crippen LogP contribution is 2.21. The van der Waals surface area contributed by atoms with Crippen molar-refractivity contribution in [3.05, 3.63) is 58.9 Å². The van der Waals surface area contributed by atoms with Gasteiger partial charge in [-0.1, -0.05) is 25.4 Å². The van der Waals surface area contributed by atoms with Crippen LogP contribution in [0.25, 0.3) is 0 Å². The summed E-state index contributed by atoms with van der Waals surface area (Å²) in [4.78, 5) is 27.0. The van der Waals surface area contributed by atoms with Gasteiger partial charge in [0.05, 0.1) is 11.3 Å². The Bertz CT molecular complexity index is 826. The lowest BCUT2D eigenvalue weighted by Crippen LogP contribution is -2.35. The number of benzene rings is 2. The third-order valence-corrected chi connectivity index (χ3v) is 4.53. The van der Waals surface area contributed by atoms with E-state index in [1.165, 1.54) is 30.3 Å². The van der Waals surface area contributed by atoms with Gasteiger partial charge < -0.3 is 20.3 Å². The molecule has 8 heteroatoms. The number of ether oxygens (including phenoxy) is 1. The molecule has 0 unspecified atom stereocenters. The quantitative estimate of drug-likeness (QED) is 0.615. The number of amides is 2. The zero-order valence-electron chi connectivity index (χ0n) is 16.5. The van der Waals surface area contributed by atoms with Crippen molar-refractivity contribution in [1.29, 1.82) is 0 Å². The molecule has 156 valence electrons. The minimum Gasteiger partial charge on any atom is -0.484 e. The normalized spacial score (nSPS) is 10.7. The van der Waals surface area contributed by atoms with Crippen LogP contribution in [0.15, 0.2) is 42.5 Å². The third-order valence-electron chi connectivity index (χ3n) is 4.29. The number of anilines is 1. The Morgan fingerprint density at radius 2 is 1.79 bits per heavy atom. The van der Waals surface area contributed by atoms with E-state index in [0.717, 1.165) is 19.6 Å². The van der Waals surface area contributed by atoms with Gasteiger partial charge in [-0.2, -0.15) is 0 Å². The number of nitrogens with zero attached hydrogens (tertiary/aromatic N) is 1. The first-order chi connectivity index (χ1) is 13.9. The van der Waals surface area contributed by atoms with Crippen LogP contribution in [0.2, 0.25) is 5.02 Å². The monoisotopic (exact) mass is 421 g/mol. The highest BCUT2D eigenvalue weighted by Gasteiger charge is 2.15. The summed E-state index contributed by atoms with van der Waals surface area (Å²) in [6.45, 7) is 6.85. The molecule has 2 aromatic carbocycles. The van der Waals surface area contributed by atoms with Gasteiger partial charge in [-0.15, -0.1) is 0 Å². The van der Waals surface area contributed by atoms with Gasteiger partial charge in [0.1, 0.15) is 11.6 Å². The molecule has 2 amide bonds. The Balaban J connectivity index is 1.96. The van der Waals surface area contributed by atoms with Crippen molar-refractivity contribution in [2.45, 2.75) is 13.8 Å². The average molecular weight is 422 g/mol. The maximum atomic E-state index is 12.9. The number of nitrogens with one attached hydrogen (secondary N) is 2. The predicted molar refractivity (Wildman–Crippen MR) is 112 cm³/mol. The van der Waals surface area contributed by atoms with Crippen molar-refractivity contribution in [3.63, 3.8) is 0 Å². The number of hydrogen-bond donors (Lipinski definition) is 2. The van der Waals surface area contributed by atoms with Crippen molar-refractivity contribution >= 4 is 29.1 Å². The van der Waals surface area contributed by atoms with Crippen LogP contribution < -0.4 is 15.4 Å². The summed E-state index contributed by atoms with van der Waals surface area (Å²) in [7, 11) is 0. The van der Waals surface area contributed by atoms with Gasteiger partial charge in [0.25, 0.3) is 11.8 Å². The zero-order chi connectivity index (χ0) is 21.2. The molecule has 0 aromatic heterocycles. The number of halogens is 2. The van der Waals surface area contributed by atoms with E-state index in [9.17, 15) is 14.0 Å². The number of carbonyl (C=O) groups excluding carboxylic acids is 2. The van der Waals surface area contributed by atoms with E-state index >= 15 is 0 Å². The molecular formula is C21H25ClFN3O3. The van der Waals surface area contributed by atoms with Crippen molar-refractivity contribution in [2.24, 2.45) is 0 Å². The molecule has 2 N–H and O–H groups in total. The van der Waals surface area contributed by atoms with Gasteiger partial charge in [0, 0.05) is 18.1 Å². The summed E-state index contributed by atoms with van der Waals surface area (Å²) in [5, 5.41) is 5.89. The molecule has 6 nitrogen and oxygen atoms in total. The van der Waals surface area contributed by atoms with E-state index in [-0.39, 0.29) is 23.9 Å². The van der Waals surface area contributed by atoms with Crippen LogP contribution in [-0.4, -0.2) is 49.5 Å². The van der Waals surface area contributed by atoms with Crippen LogP contribution in [0, 0.1) is 5.82 Å². The number of carbonyl (C=O) groups is 2. The summed E-state index contributed by atoms with van der Waals surface area (Å²) >= 11 is 6.02. The molecule has 0 aliphatic heterocycles. The Hall–Kier alpha value is -2.64. The molecule has 0 bridgehead atoms.